The number of carbonyl (C=O) groups is 2. The van der Waals surface area contributed by atoms with Gasteiger partial charge in [-0.25, -0.2) is 0 Å². The Labute approximate surface area is 137 Å². The molecule has 0 aliphatic carbocycles. The van der Waals surface area contributed by atoms with E-state index in [1.807, 2.05) is 38.1 Å². The number of aryl methyl sites for hydroxylation is 1. The average Bonchev–Trinajstić information content (AvgIpc) is 2.60. The second-order valence-corrected chi connectivity index (χ2v) is 5.95. The van der Waals surface area contributed by atoms with Crippen LogP contribution in [0, 0.1) is 12.8 Å². The first-order valence-corrected chi connectivity index (χ1v) is 8.15. The van der Waals surface area contributed by atoms with E-state index in [4.69, 9.17) is 9.47 Å². The van der Waals surface area contributed by atoms with Gasteiger partial charge in [-0.1, -0.05) is 24.6 Å². The van der Waals surface area contributed by atoms with Crippen molar-refractivity contribution < 1.29 is 19.1 Å². The lowest BCUT2D eigenvalue weighted by Crippen LogP contribution is -2.46. The zero-order chi connectivity index (χ0) is 16.8. The van der Waals surface area contributed by atoms with Crippen LogP contribution in [0.4, 0.5) is 0 Å². The summed E-state index contributed by atoms with van der Waals surface area (Å²) in [6.45, 7) is 5.11. The number of carbonyl (C=O) groups excluding carboxylic acids is 2. The molecule has 1 aromatic rings. The first-order chi connectivity index (χ1) is 11.0. The highest BCUT2D eigenvalue weighted by molar-refractivity contribution is 5.81. The van der Waals surface area contributed by atoms with Crippen LogP contribution in [-0.2, 0) is 14.3 Å². The van der Waals surface area contributed by atoms with Gasteiger partial charge in [-0.3, -0.25) is 9.59 Å². The van der Waals surface area contributed by atoms with Gasteiger partial charge in [-0.05, 0) is 38.3 Å². The molecule has 1 saturated heterocycles. The molecule has 1 heterocycles. The zero-order valence-corrected chi connectivity index (χ0v) is 14.1. The Bertz CT molecular complexity index is 532. The maximum Gasteiger partial charge on any atom is 0.308 e. The van der Waals surface area contributed by atoms with Crippen LogP contribution in [0.15, 0.2) is 24.3 Å². The Hall–Kier alpha value is -2.04. The summed E-state index contributed by atoms with van der Waals surface area (Å²) in [4.78, 5) is 26.0. The number of benzene rings is 1. The van der Waals surface area contributed by atoms with Crippen molar-refractivity contribution in [1.29, 1.82) is 0 Å². The Kier molecular flexibility index (Phi) is 6.02. The maximum absolute atomic E-state index is 12.6. The molecular weight excluding hydrogens is 294 g/mol. The quantitative estimate of drug-likeness (QED) is 0.783. The molecule has 23 heavy (non-hydrogen) atoms. The minimum absolute atomic E-state index is 0.00334. The third kappa shape index (κ3) is 4.47. The molecule has 1 aliphatic rings. The number of ether oxygens (including phenoxy) is 2. The molecule has 0 N–H and O–H groups in total. The van der Waals surface area contributed by atoms with Gasteiger partial charge in [-0.2, -0.15) is 0 Å². The van der Waals surface area contributed by atoms with E-state index in [1.54, 1.807) is 4.90 Å². The predicted octanol–water partition coefficient (Wildman–Crippen LogP) is 2.56. The van der Waals surface area contributed by atoms with E-state index in [1.165, 1.54) is 7.11 Å². The van der Waals surface area contributed by atoms with Crippen LogP contribution >= 0.6 is 0 Å². The second kappa shape index (κ2) is 7.99. The highest BCUT2D eigenvalue weighted by Crippen LogP contribution is 2.21. The lowest BCUT2D eigenvalue weighted by atomic mass is 9.96. The summed E-state index contributed by atoms with van der Waals surface area (Å²) in [5.41, 5.74) is 1.15. The van der Waals surface area contributed by atoms with Crippen LogP contribution in [0.5, 0.6) is 5.75 Å². The van der Waals surface area contributed by atoms with E-state index in [0.29, 0.717) is 38.1 Å². The molecule has 1 fully saturated rings. The molecule has 0 unspecified atom stereocenters. The summed E-state index contributed by atoms with van der Waals surface area (Å²) in [7, 11) is 1.41. The monoisotopic (exact) mass is 319 g/mol. The van der Waals surface area contributed by atoms with Crippen molar-refractivity contribution in [1.82, 2.24) is 4.90 Å². The normalized spacial score (nSPS) is 16.7. The van der Waals surface area contributed by atoms with Crippen LogP contribution < -0.4 is 4.74 Å². The summed E-state index contributed by atoms with van der Waals surface area (Å²) >= 11 is 0. The third-order valence-corrected chi connectivity index (χ3v) is 4.29. The Morgan fingerprint density at radius 2 is 1.83 bits per heavy atom. The van der Waals surface area contributed by atoms with Gasteiger partial charge >= 0.3 is 5.97 Å². The lowest BCUT2D eigenvalue weighted by molar-refractivity contribution is -0.150. The molecule has 5 nitrogen and oxygen atoms in total. The SMILES string of the molecule is CC[C@H](Oc1ccc(C)cc1)C(=O)N1CCC(C(=O)OC)CC1. The van der Waals surface area contributed by atoms with Crippen molar-refractivity contribution >= 4 is 11.9 Å². The molecule has 0 radical (unpaired) electrons. The highest BCUT2D eigenvalue weighted by atomic mass is 16.5. The molecule has 0 saturated carbocycles. The zero-order valence-electron chi connectivity index (χ0n) is 14.1. The summed E-state index contributed by atoms with van der Waals surface area (Å²) < 4.78 is 10.6. The minimum Gasteiger partial charge on any atom is -0.481 e. The number of hydrogen-bond acceptors (Lipinski definition) is 4. The fourth-order valence-corrected chi connectivity index (χ4v) is 2.80. The largest absolute Gasteiger partial charge is 0.481 e. The third-order valence-electron chi connectivity index (χ3n) is 4.29. The second-order valence-electron chi connectivity index (χ2n) is 5.95. The van der Waals surface area contributed by atoms with Crippen LogP contribution in [0.3, 0.4) is 0 Å². The number of amides is 1. The number of rotatable bonds is 5. The minimum atomic E-state index is -0.479. The molecule has 5 heteroatoms. The molecule has 0 spiro atoms. The number of esters is 1. The Morgan fingerprint density at radius 3 is 2.35 bits per heavy atom. The van der Waals surface area contributed by atoms with Crippen molar-refractivity contribution in [2.75, 3.05) is 20.2 Å². The Balaban J connectivity index is 1.92. The van der Waals surface area contributed by atoms with E-state index in [-0.39, 0.29) is 17.8 Å². The van der Waals surface area contributed by atoms with Gasteiger partial charge in [0.2, 0.25) is 0 Å². The van der Waals surface area contributed by atoms with Crippen LogP contribution in [-0.4, -0.2) is 43.1 Å². The van der Waals surface area contributed by atoms with Gasteiger partial charge in [0, 0.05) is 13.1 Å². The van der Waals surface area contributed by atoms with Crippen molar-refractivity contribution in [2.45, 2.75) is 39.2 Å². The van der Waals surface area contributed by atoms with Crippen LogP contribution in [0.2, 0.25) is 0 Å². The summed E-state index contributed by atoms with van der Waals surface area (Å²) in [6, 6.07) is 7.70. The smallest absolute Gasteiger partial charge is 0.308 e. The number of methoxy groups -OCH3 is 1. The van der Waals surface area contributed by atoms with Gasteiger partial charge in [0.1, 0.15) is 5.75 Å². The molecule has 1 aromatic carbocycles. The van der Waals surface area contributed by atoms with Gasteiger partial charge < -0.3 is 14.4 Å². The molecule has 1 amide bonds. The van der Waals surface area contributed by atoms with Crippen molar-refractivity contribution in [3.8, 4) is 5.75 Å². The predicted molar refractivity (Wildman–Crippen MR) is 87.2 cm³/mol. The van der Waals surface area contributed by atoms with E-state index in [9.17, 15) is 9.59 Å². The van der Waals surface area contributed by atoms with Crippen molar-refractivity contribution in [3.05, 3.63) is 29.8 Å². The molecular formula is C18H25NO4. The van der Waals surface area contributed by atoms with Gasteiger partial charge in [-0.15, -0.1) is 0 Å². The first kappa shape index (κ1) is 17.3. The van der Waals surface area contributed by atoms with E-state index >= 15 is 0 Å². The molecule has 2 rings (SSSR count). The van der Waals surface area contributed by atoms with Crippen LogP contribution in [0.25, 0.3) is 0 Å². The fourth-order valence-electron chi connectivity index (χ4n) is 2.80. The van der Waals surface area contributed by atoms with Gasteiger partial charge in [0.25, 0.3) is 5.91 Å². The number of piperidine rings is 1. The van der Waals surface area contributed by atoms with Crippen LogP contribution in [0.1, 0.15) is 31.7 Å². The average molecular weight is 319 g/mol. The molecule has 126 valence electrons. The van der Waals surface area contributed by atoms with Crippen molar-refractivity contribution in [2.24, 2.45) is 5.92 Å². The Morgan fingerprint density at radius 1 is 1.22 bits per heavy atom. The summed E-state index contributed by atoms with van der Waals surface area (Å²) in [6.07, 6.45) is 1.44. The molecule has 1 atom stereocenters. The lowest BCUT2D eigenvalue weighted by Gasteiger charge is -2.33. The topological polar surface area (TPSA) is 55.8 Å². The van der Waals surface area contributed by atoms with Gasteiger partial charge in [0.15, 0.2) is 6.10 Å². The molecule has 0 aromatic heterocycles. The van der Waals surface area contributed by atoms with Crippen molar-refractivity contribution in [3.63, 3.8) is 0 Å². The number of nitrogens with zero attached hydrogens (tertiary/aromatic N) is 1. The fraction of sp³-hybridized carbons (Fsp3) is 0.556. The van der Waals surface area contributed by atoms with E-state index < -0.39 is 6.10 Å². The standard InChI is InChI=1S/C18H25NO4/c1-4-16(23-15-7-5-13(2)6-8-15)17(20)19-11-9-14(10-12-19)18(21)22-3/h5-8,14,16H,4,9-12H2,1-3H3/t16-/m0/s1. The van der Waals surface area contributed by atoms with Gasteiger partial charge in [0.05, 0.1) is 13.0 Å². The summed E-state index contributed by atoms with van der Waals surface area (Å²) in [5, 5.41) is 0. The number of hydrogen-bond donors (Lipinski definition) is 0. The highest BCUT2D eigenvalue weighted by Gasteiger charge is 2.31. The number of likely N-dealkylation sites (tertiary alicyclic amines) is 1. The first-order valence-electron chi connectivity index (χ1n) is 8.15. The molecule has 1 aliphatic heterocycles. The summed E-state index contributed by atoms with van der Waals surface area (Å²) in [5.74, 6) is 0.429. The van der Waals surface area contributed by atoms with E-state index in [2.05, 4.69) is 0 Å². The van der Waals surface area contributed by atoms with E-state index in [0.717, 1.165) is 5.56 Å². The maximum atomic E-state index is 12.6. The molecule has 0 bridgehead atoms.